The first-order valence-electron chi connectivity index (χ1n) is 6.69. The van der Waals surface area contributed by atoms with Crippen molar-refractivity contribution in [2.45, 2.75) is 31.7 Å². The fourth-order valence-corrected chi connectivity index (χ4v) is 1.85. The van der Waals surface area contributed by atoms with E-state index >= 15 is 0 Å². The average Bonchev–Trinajstić information content (AvgIpc) is 2.47. The second-order valence-electron chi connectivity index (χ2n) is 4.51. The molecule has 0 heterocycles. The molecule has 0 saturated carbocycles. The van der Waals surface area contributed by atoms with Gasteiger partial charge < -0.3 is 15.2 Å². The summed E-state index contributed by atoms with van der Waals surface area (Å²) in [6, 6.07) is 8.77. The number of ether oxygens (including phenoxy) is 1. The third-order valence-electron chi connectivity index (χ3n) is 2.92. The van der Waals surface area contributed by atoms with E-state index in [9.17, 15) is 9.59 Å². The first-order valence-corrected chi connectivity index (χ1v) is 6.69. The highest BCUT2D eigenvalue weighted by Gasteiger charge is 2.21. The second-order valence-corrected chi connectivity index (χ2v) is 4.51. The molecule has 1 aromatic rings. The minimum atomic E-state index is -0.677. The Morgan fingerprint density at radius 1 is 1.25 bits per heavy atom. The summed E-state index contributed by atoms with van der Waals surface area (Å²) in [5.74, 6) is -0.658. The third kappa shape index (κ3) is 5.84. The van der Waals surface area contributed by atoms with Gasteiger partial charge in [0.05, 0.1) is 7.11 Å². The van der Waals surface area contributed by atoms with Crippen LogP contribution in [0.25, 0.3) is 0 Å². The van der Waals surface area contributed by atoms with Crippen LogP contribution in [0.5, 0.6) is 0 Å². The molecule has 0 radical (unpaired) electrons. The number of hydrogen-bond acceptors (Lipinski definition) is 4. The molecule has 1 amide bonds. The van der Waals surface area contributed by atoms with Crippen LogP contribution in [-0.4, -0.2) is 36.7 Å². The molecule has 20 heavy (non-hydrogen) atoms. The summed E-state index contributed by atoms with van der Waals surface area (Å²) < 4.78 is 4.72. The number of benzene rings is 1. The topological polar surface area (TPSA) is 75.6 Å². The first kappa shape index (κ1) is 16.2. The van der Waals surface area contributed by atoms with Crippen molar-refractivity contribution in [2.24, 2.45) is 0 Å². The maximum atomic E-state index is 11.7. The Balaban J connectivity index is 2.56. The van der Waals surface area contributed by atoms with Crippen molar-refractivity contribution < 1.29 is 19.4 Å². The first-order chi connectivity index (χ1) is 9.67. The zero-order chi connectivity index (χ0) is 14.8. The highest BCUT2D eigenvalue weighted by Crippen LogP contribution is 2.05. The minimum Gasteiger partial charge on any atom is -0.467 e. The number of rotatable bonds is 8. The molecular formula is C15H21NO4. The summed E-state index contributed by atoms with van der Waals surface area (Å²) in [6.07, 6.45) is 1.87. The molecule has 0 aliphatic heterocycles. The summed E-state index contributed by atoms with van der Waals surface area (Å²) in [6.45, 7) is 0.0672. The summed E-state index contributed by atoms with van der Waals surface area (Å²) in [5, 5.41) is 11.4. The van der Waals surface area contributed by atoms with E-state index in [0.717, 1.165) is 5.56 Å². The van der Waals surface area contributed by atoms with Crippen LogP contribution in [0.4, 0.5) is 0 Å². The Labute approximate surface area is 118 Å². The molecule has 1 unspecified atom stereocenters. The molecule has 5 nitrogen and oxygen atoms in total. The SMILES string of the molecule is COC(=O)C(Cc1ccccc1)NC(=O)CCCCO. The second kappa shape index (κ2) is 9.09. The van der Waals surface area contributed by atoms with E-state index in [1.54, 1.807) is 0 Å². The van der Waals surface area contributed by atoms with Gasteiger partial charge in [-0.2, -0.15) is 0 Å². The van der Waals surface area contributed by atoms with Crippen LogP contribution in [0.15, 0.2) is 30.3 Å². The van der Waals surface area contributed by atoms with Gasteiger partial charge in [0.2, 0.25) is 5.91 Å². The van der Waals surface area contributed by atoms with Gasteiger partial charge in [-0.1, -0.05) is 30.3 Å². The highest BCUT2D eigenvalue weighted by molar-refractivity contribution is 5.84. The number of aliphatic hydroxyl groups is 1. The fraction of sp³-hybridized carbons (Fsp3) is 0.467. The van der Waals surface area contributed by atoms with Crippen LogP contribution in [0.3, 0.4) is 0 Å². The van der Waals surface area contributed by atoms with Crippen LogP contribution >= 0.6 is 0 Å². The fourth-order valence-electron chi connectivity index (χ4n) is 1.85. The normalized spacial score (nSPS) is 11.7. The van der Waals surface area contributed by atoms with Gasteiger partial charge in [0, 0.05) is 19.4 Å². The van der Waals surface area contributed by atoms with Crippen LogP contribution in [0.2, 0.25) is 0 Å². The number of amides is 1. The number of aliphatic hydroxyl groups excluding tert-OH is 1. The van der Waals surface area contributed by atoms with E-state index in [-0.39, 0.29) is 12.5 Å². The summed E-state index contributed by atoms with van der Waals surface area (Å²) in [7, 11) is 1.30. The third-order valence-corrected chi connectivity index (χ3v) is 2.92. The predicted molar refractivity (Wildman–Crippen MR) is 75.0 cm³/mol. The predicted octanol–water partition coefficient (Wildman–Crippen LogP) is 1.05. The van der Waals surface area contributed by atoms with Crippen LogP contribution in [0, 0.1) is 0 Å². The standard InChI is InChI=1S/C15H21NO4/c1-20-15(19)13(11-12-7-3-2-4-8-12)16-14(18)9-5-6-10-17/h2-4,7-8,13,17H,5-6,9-11H2,1H3,(H,16,18). The van der Waals surface area contributed by atoms with E-state index in [1.165, 1.54) is 7.11 Å². The Hall–Kier alpha value is -1.88. The molecule has 0 aliphatic rings. The van der Waals surface area contributed by atoms with Crippen molar-refractivity contribution in [3.8, 4) is 0 Å². The van der Waals surface area contributed by atoms with Crippen molar-refractivity contribution in [1.82, 2.24) is 5.32 Å². The largest absolute Gasteiger partial charge is 0.467 e. The lowest BCUT2D eigenvalue weighted by molar-refractivity contribution is -0.145. The molecule has 1 rings (SSSR count). The van der Waals surface area contributed by atoms with Gasteiger partial charge in [-0.3, -0.25) is 4.79 Å². The zero-order valence-corrected chi connectivity index (χ0v) is 11.7. The quantitative estimate of drug-likeness (QED) is 0.551. The molecule has 5 heteroatoms. The Kier molecular flexibility index (Phi) is 7.35. The van der Waals surface area contributed by atoms with Gasteiger partial charge >= 0.3 is 5.97 Å². The molecule has 1 aromatic carbocycles. The van der Waals surface area contributed by atoms with Gasteiger partial charge in [-0.25, -0.2) is 4.79 Å². The Morgan fingerprint density at radius 3 is 2.55 bits per heavy atom. The molecular weight excluding hydrogens is 258 g/mol. The van der Waals surface area contributed by atoms with E-state index in [0.29, 0.717) is 25.7 Å². The number of carbonyl (C=O) groups excluding carboxylic acids is 2. The molecule has 0 aromatic heterocycles. The number of methoxy groups -OCH3 is 1. The van der Waals surface area contributed by atoms with E-state index in [4.69, 9.17) is 9.84 Å². The summed E-state index contributed by atoms with van der Waals surface area (Å²) >= 11 is 0. The number of nitrogens with one attached hydrogen (secondary N) is 1. The lowest BCUT2D eigenvalue weighted by atomic mass is 10.1. The number of esters is 1. The van der Waals surface area contributed by atoms with Gasteiger partial charge in [-0.15, -0.1) is 0 Å². The minimum absolute atomic E-state index is 0.0672. The molecule has 1 atom stereocenters. The van der Waals surface area contributed by atoms with Crippen molar-refractivity contribution in [1.29, 1.82) is 0 Å². The number of hydrogen-bond donors (Lipinski definition) is 2. The van der Waals surface area contributed by atoms with E-state index in [2.05, 4.69) is 5.32 Å². The Morgan fingerprint density at radius 2 is 1.95 bits per heavy atom. The van der Waals surface area contributed by atoms with E-state index in [1.807, 2.05) is 30.3 Å². The lowest BCUT2D eigenvalue weighted by Gasteiger charge is -2.16. The maximum Gasteiger partial charge on any atom is 0.328 e. The van der Waals surface area contributed by atoms with Gasteiger partial charge in [0.15, 0.2) is 0 Å². The van der Waals surface area contributed by atoms with Crippen molar-refractivity contribution in [2.75, 3.05) is 13.7 Å². The molecule has 0 aliphatic carbocycles. The maximum absolute atomic E-state index is 11.7. The van der Waals surface area contributed by atoms with Crippen LogP contribution in [-0.2, 0) is 20.7 Å². The van der Waals surface area contributed by atoms with Gasteiger partial charge in [-0.05, 0) is 18.4 Å². The molecule has 0 spiro atoms. The number of carbonyl (C=O) groups is 2. The molecule has 110 valence electrons. The van der Waals surface area contributed by atoms with Crippen LogP contribution < -0.4 is 5.32 Å². The smallest absolute Gasteiger partial charge is 0.328 e. The molecule has 0 saturated heterocycles. The molecule has 0 fully saturated rings. The monoisotopic (exact) mass is 279 g/mol. The van der Waals surface area contributed by atoms with Crippen molar-refractivity contribution >= 4 is 11.9 Å². The summed E-state index contributed by atoms with van der Waals surface area (Å²) in [5.41, 5.74) is 0.957. The van der Waals surface area contributed by atoms with Crippen molar-refractivity contribution in [3.05, 3.63) is 35.9 Å². The lowest BCUT2D eigenvalue weighted by Crippen LogP contribution is -2.43. The Bertz CT molecular complexity index is 419. The van der Waals surface area contributed by atoms with Gasteiger partial charge in [0.25, 0.3) is 0 Å². The number of unbranched alkanes of at least 4 members (excludes halogenated alkanes) is 1. The van der Waals surface area contributed by atoms with E-state index < -0.39 is 12.0 Å². The van der Waals surface area contributed by atoms with Crippen LogP contribution in [0.1, 0.15) is 24.8 Å². The molecule has 2 N–H and O–H groups in total. The molecule has 0 bridgehead atoms. The van der Waals surface area contributed by atoms with Gasteiger partial charge in [0.1, 0.15) is 6.04 Å². The summed E-state index contributed by atoms with van der Waals surface area (Å²) in [4.78, 5) is 23.4. The van der Waals surface area contributed by atoms with Crippen molar-refractivity contribution in [3.63, 3.8) is 0 Å². The highest BCUT2D eigenvalue weighted by atomic mass is 16.5. The average molecular weight is 279 g/mol. The zero-order valence-electron chi connectivity index (χ0n) is 11.7.